The lowest BCUT2D eigenvalue weighted by Crippen LogP contribution is -2.44. The molecule has 0 atom stereocenters. The summed E-state index contributed by atoms with van der Waals surface area (Å²) >= 11 is 0. The van der Waals surface area contributed by atoms with Crippen molar-refractivity contribution in [1.29, 1.82) is 0 Å². The van der Waals surface area contributed by atoms with Gasteiger partial charge in [-0.15, -0.1) is 0 Å². The predicted octanol–water partition coefficient (Wildman–Crippen LogP) is 1.97. The molecule has 25 heavy (non-hydrogen) atoms. The first kappa shape index (κ1) is 18.1. The topological polar surface area (TPSA) is 88.7 Å². The molecule has 132 valence electrons. The average Bonchev–Trinajstić information content (AvgIpc) is 2.65. The lowest BCUT2D eigenvalue weighted by molar-refractivity contribution is -0.120. The predicted molar refractivity (Wildman–Crippen MR) is 94.7 cm³/mol. The molecule has 0 aromatic heterocycles. The molecule has 0 aliphatic carbocycles. The van der Waals surface area contributed by atoms with Crippen molar-refractivity contribution in [3.8, 4) is 11.5 Å². The summed E-state index contributed by atoms with van der Waals surface area (Å²) < 4.78 is 10.6. The second-order valence-electron chi connectivity index (χ2n) is 4.99. The summed E-state index contributed by atoms with van der Waals surface area (Å²) in [5, 5.41) is 2.95. The van der Waals surface area contributed by atoms with Crippen LogP contribution in [0.15, 0.2) is 48.5 Å². The Kier molecular flexibility index (Phi) is 6.65. The van der Waals surface area contributed by atoms with Crippen molar-refractivity contribution in [3.05, 3.63) is 54.1 Å². The number of hydrogen-bond acceptors (Lipinski definition) is 5. The van der Waals surface area contributed by atoms with Crippen LogP contribution in [-0.2, 0) is 4.79 Å². The highest BCUT2D eigenvalue weighted by Gasteiger charge is 2.12. The van der Waals surface area contributed by atoms with Crippen LogP contribution in [0.1, 0.15) is 17.3 Å². The monoisotopic (exact) mass is 343 g/mol. The van der Waals surface area contributed by atoms with Crippen molar-refractivity contribution in [2.24, 2.45) is 0 Å². The third-order valence-electron chi connectivity index (χ3n) is 3.29. The molecule has 2 aromatic carbocycles. The van der Waals surface area contributed by atoms with E-state index in [0.29, 0.717) is 29.4 Å². The molecule has 0 aliphatic rings. The molecule has 0 heterocycles. The minimum atomic E-state index is -0.449. The van der Waals surface area contributed by atoms with Gasteiger partial charge in [-0.1, -0.05) is 24.3 Å². The molecule has 2 rings (SSSR count). The number of benzene rings is 2. The van der Waals surface area contributed by atoms with Gasteiger partial charge in [0.05, 0.1) is 31.5 Å². The van der Waals surface area contributed by atoms with E-state index < -0.39 is 11.8 Å². The SMILES string of the molecule is CCOc1ccccc1C(=O)NNC(=O)CNc1ccccc1OC. The van der Waals surface area contributed by atoms with E-state index in [9.17, 15) is 9.59 Å². The Morgan fingerprint density at radius 1 is 0.960 bits per heavy atom. The molecule has 0 fully saturated rings. The zero-order valence-corrected chi connectivity index (χ0v) is 14.2. The zero-order chi connectivity index (χ0) is 18.1. The molecule has 0 bridgehead atoms. The maximum Gasteiger partial charge on any atom is 0.273 e. The van der Waals surface area contributed by atoms with E-state index in [-0.39, 0.29) is 6.54 Å². The number of amides is 2. The van der Waals surface area contributed by atoms with E-state index >= 15 is 0 Å². The molecular weight excluding hydrogens is 322 g/mol. The Bertz CT molecular complexity index is 734. The summed E-state index contributed by atoms with van der Waals surface area (Å²) in [6.07, 6.45) is 0. The molecule has 2 amide bonds. The highest BCUT2D eigenvalue weighted by molar-refractivity contribution is 5.98. The first-order valence-corrected chi connectivity index (χ1v) is 7.83. The molecule has 3 N–H and O–H groups in total. The van der Waals surface area contributed by atoms with Gasteiger partial charge in [0.2, 0.25) is 0 Å². The summed E-state index contributed by atoms with van der Waals surface area (Å²) in [6.45, 7) is 2.26. The standard InChI is InChI=1S/C18H21N3O4/c1-3-25-15-10-6-4-8-13(15)18(23)21-20-17(22)12-19-14-9-5-7-11-16(14)24-2/h4-11,19H,3,12H2,1-2H3,(H,20,22)(H,21,23). The van der Waals surface area contributed by atoms with Gasteiger partial charge < -0.3 is 14.8 Å². The number of methoxy groups -OCH3 is 1. The van der Waals surface area contributed by atoms with Gasteiger partial charge in [-0.25, -0.2) is 0 Å². The fraction of sp³-hybridized carbons (Fsp3) is 0.222. The third kappa shape index (κ3) is 5.13. The van der Waals surface area contributed by atoms with Gasteiger partial charge in [0.15, 0.2) is 0 Å². The van der Waals surface area contributed by atoms with Crippen molar-refractivity contribution < 1.29 is 19.1 Å². The number of hydrazine groups is 1. The van der Waals surface area contributed by atoms with Crippen molar-refractivity contribution in [2.75, 3.05) is 25.6 Å². The Labute approximate surface area is 146 Å². The first-order chi connectivity index (χ1) is 12.2. The molecule has 0 saturated heterocycles. The quantitative estimate of drug-likeness (QED) is 0.669. The Morgan fingerprint density at radius 2 is 1.64 bits per heavy atom. The minimum absolute atomic E-state index is 0.0201. The van der Waals surface area contributed by atoms with E-state index in [1.807, 2.05) is 19.1 Å². The van der Waals surface area contributed by atoms with E-state index in [1.54, 1.807) is 43.5 Å². The van der Waals surface area contributed by atoms with Crippen LogP contribution in [-0.4, -0.2) is 32.1 Å². The summed E-state index contributed by atoms with van der Waals surface area (Å²) in [4.78, 5) is 24.1. The van der Waals surface area contributed by atoms with Crippen molar-refractivity contribution in [1.82, 2.24) is 10.9 Å². The Morgan fingerprint density at radius 3 is 2.36 bits per heavy atom. The van der Waals surface area contributed by atoms with Crippen LogP contribution in [0.3, 0.4) is 0 Å². The summed E-state index contributed by atoms with van der Waals surface area (Å²) in [5.41, 5.74) is 5.77. The van der Waals surface area contributed by atoms with Crippen LogP contribution in [0, 0.1) is 0 Å². The molecular formula is C18H21N3O4. The minimum Gasteiger partial charge on any atom is -0.495 e. The molecule has 7 heteroatoms. The van der Waals surface area contributed by atoms with Gasteiger partial charge in [-0.3, -0.25) is 20.4 Å². The van der Waals surface area contributed by atoms with Crippen LogP contribution < -0.4 is 25.6 Å². The number of anilines is 1. The van der Waals surface area contributed by atoms with Gasteiger partial charge in [0.25, 0.3) is 11.8 Å². The van der Waals surface area contributed by atoms with Crippen LogP contribution >= 0.6 is 0 Å². The first-order valence-electron chi connectivity index (χ1n) is 7.83. The van der Waals surface area contributed by atoms with Crippen LogP contribution in [0.4, 0.5) is 5.69 Å². The third-order valence-corrected chi connectivity index (χ3v) is 3.29. The van der Waals surface area contributed by atoms with E-state index in [0.717, 1.165) is 0 Å². The number of carbonyl (C=O) groups excluding carboxylic acids is 2. The maximum absolute atomic E-state index is 12.2. The van der Waals surface area contributed by atoms with Crippen LogP contribution in [0.25, 0.3) is 0 Å². The molecule has 0 unspecified atom stereocenters. The van der Waals surface area contributed by atoms with E-state index in [4.69, 9.17) is 9.47 Å². The second-order valence-corrected chi connectivity index (χ2v) is 4.99. The van der Waals surface area contributed by atoms with Crippen molar-refractivity contribution in [3.63, 3.8) is 0 Å². The number of ether oxygens (including phenoxy) is 2. The number of nitrogens with one attached hydrogen (secondary N) is 3. The molecule has 2 aromatic rings. The normalized spacial score (nSPS) is 9.84. The smallest absolute Gasteiger partial charge is 0.273 e. The molecule has 0 saturated carbocycles. The van der Waals surface area contributed by atoms with E-state index in [1.165, 1.54) is 0 Å². The van der Waals surface area contributed by atoms with Gasteiger partial charge in [-0.05, 0) is 31.2 Å². The summed E-state index contributed by atoms with van der Waals surface area (Å²) in [7, 11) is 1.55. The molecule has 0 aliphatic heterocycles. The summed E-state index contributed by atoms with van der Waals surface area (Å²) in [5.74, 6) is 0.247. The number of hydrogen-bond donors (Lipinski definition) is 3. The largest absolute Gasteiger partial charge is 0.495 e. The fourth-order valence-electron chi connectivity index (χ4n) is 2.14. The molecule has 7 nitrogen and oxygen atoms in total. The van der Waals surface area contributed by atoms with Crippen LogP contribution in [0.2, 0.25) is 0 Å². The van der Waals surface area contributed by atoms with Crippen molar-refractivity contribution in [2.45, 2.75) is 6.92 Å². The Balaban J connectivity index is 1.86. The van der Waals surface area contributed by atoms with Gasteiger partial charge in [0, 0.05) is 0 Å². The zero-order valence-electron chi connectivity index (χ0n) is 14.2. The highest BCUT2D eigenvalue weighted by atomic mass is 16.5. The Hall–Kier alpha value is -3.22. The van der Waals surface area contributed by atoms with Gasteiger partial charge >= 0.3 is 0 Å². The van der Waals surface area contributed by atoms with Gasteiger partial charge in [-0.2, -0.15) is 0 Å². The highest BCUT2D eigenvalue weighted by Crippen LogP contribution is 2.22. The number of rotatable bonds is 7. The summed E-state index contributed by atoms with van der Waals surface area (Å²) in [6, 6.07) is 14.1. The van der Waals surface area contributed by atoms with Crippen molar-refractivity contribution >= 4 is 17.5 Å². The lowest BCUT2D eigenvalue weighted by Gasteiger charge is -2.13. The average molecular weight is 343 g/mol. The van der Waals surface area contributed by atoms with Crippen LogP contribution in [0.5, 0.6) is 11.5 Å². The lowest BCUT2D eigenvalue weighted by atomic mass is 10.2. The maximum atomic E-state index is 12.2. The second kappa shape index (κ2) is 9.17. The fourth-order valence-corrected chi connectivity index (χ4v) is 2.14. The number of para-hydroxylation sites is 3. The number of carbonyl (C=O) groups is 2. The molecule has 0 radical (unpaired) electrons. The van der Waals surface area contributed by atoms with E-state index in [2.05, 4.69) is 16.2 Å². The van der Waals surface area contributed by atoms with Gasteiger partial charge in [0.1, 0.15) is 11.5 Å². The molecule has 0 spiro atoms.